The highest BCUT2D eigenvalue weighted by Crippen LogP contribution is 2.47. The average Bonchev–Trinajstić information content (AvgIpc) is 3.74. The van der Waals surface area contributed by atoms with Crippen molar-refractivity contribution in [2.45, 2.75) is 82.1 Å². The Morgan fingerprint density at radius 2 is 2.04 bits per heavy atom. The zero-order chi connectivity index (χ0) is 32.9. The Bertz CT molecular complexity index is 2030. The van der Waals surface area contributed by atoms with Crippen LogP contribution in [0.4, 0.5) is 19.0 Å². The van der Waals surface area contributed by atoms with Crippen LogP contribution in [-0.2, 0) is 6.42 Å². The van der Waals surface area contributed by atoms with Crippen LogP contribution in [0.15, 0.2) is 36.2 Å². The van der Waals surface area contributed by atoms with Gasteiger partial charge in [-0.1, -0.05) is 13.0 Å². The molecule has 2 aromatic heterocycles. The predicted molar refractivity (Wildman–Crippen MR) is 175 cm³/mol. The number of aryl methyl sites for hydroxylation is 1. The molecule has 5 aliphatic heterocycles. The molecule has 0 radical (unpaired) electrons. The normalized spacial score (nSPS) is 28.6. The molecule has 0 aliphatic carbocycles. The van der Waals surface area contributed by atoms with Crippen molar-refractivity contribution in [3.05, 3.63) is 53.4 Å². The third-order valence-corrected chi connectivity index (χ3v) is 11.3. The van der Waals surface area contributed by atoms with Gasteiger partial charge in [0.2, 0.25) is 5.88 Å². The number of ether oxygens (including phenoxy) is 2. The molecule has 4 aromatic rings. The highest BCUT2D eigenvalue weighted by molar-refractivity contribution is 6.03. The third-order valence-electron chi connectivity index (χ3n) is 11.3. The number of anilines is 1. The summed E-state index contributed by atoms with van der Waals surface area (Å²) < 4.78 is 58.9. The Kier molecular flexibility index (Phi) is 6.82. The highest BCUT2D eigenvalue weighted by Gasteiger charge is 2.49. The molecule has 5 atom stereocenters. The Morgan fingerprint density at radius 1 is 1.17 bits per heavy atom. The van der Waals surface area contributed by atoms with Crippen LogP contribution in [0.5, 0.6) is 17.6 Å². The van der Waals surface area contributed by atoms with Gasteiger partial charge >= 0.3 is 6.01 Å². The Balaban J connectivity index is 1.25. The number of fused-ring (bicyclic) bond motifs is 7. The first-order valence-corrected chi connectivity index (χ1v) is 17.0. The molecule has 0 spiro atoms. The molecule has 2 aromatic carbocycles. The van der Waals surface area contributed by atoms with E-state index in [0.717, 1.165) is 37.8 Å². The van der Waals surface area contributed by atoms with Crippen LogP contribution in [0.3, 0.4) is 0 Å². The largest absolute Gasteiger partial charge is 0.508 e. The van der Waals surface area contributed by atoms with Gasteiger partial charge in [0.1, 0.15) is 46.7 Å². The fourth-order valence-electron chi connectivity index (χ4n) is 9.22. The number of nitrogens with zero attached hydrogens (tertiary/aromatic N) is 5. The number of phenolic OH excluding ortho intramolecular Hbond substituents is 1. The van der Waals surface area contributed by atoms with Crippen molar-refractivity contribution in [1.29, 1.82) is 0 Å². The standard InChI is InChI=1S/C36H37F3N6O3/c1-3-23-25(38)7-5-20-11-22(46)12-24(27(20)23)30-29(39)31-28-33(45-16-21-6-8-26(40-21)32(45)18(2)48-34(28)41-30)43-35(42-31)47-17-36-9-4-10-44(36)15-19(13-36)14-37/h5,7,11-12,14,18,21,26,32,40,46H,3-4,6,8-10,13,15-17H2,1-2H3/b19-14+/t18-,21+,26-,32+,36-/m0/s1. The van der Waals surface area contributed by atoms with Crippen LogP contribution in [0.2, 0.25) is 0 Å². The number of pyridine rings is 1. The highest BCUT2D eigenvalue weighted by atomic mass is 19.1. The zero-order valence-electron chi connectivity index (χ0n) is 26.9. The van der Waals surface area contributed by atoms with Crippen LogP contribution < -0.4 is 19.7 Å². The minimum absolute atomic E-state index is 0.0174. The molecule has 250 valence electrons. The minimum Gasteiger partial charge on any atom is -0.508 e. The van der Waals surface area contributed by atoms with Gasteiger partial charge in [-0.3, -0.25) is 4.90 Å². The molecular formula is C36H37F3N6O3. The molecule has 2 bridgehead atoms. The molecule has 2 N–H and O–H groups in total. The van der Waals surface area contributed by atoms with Crippen LogP contribution in [0.25, 0.3) is 32.9 Å². The quantitative estimate of drug-likeness (QED) is 0.270. The van der Waals surface area contributed by atoms with Gasteiger partial charge in [-0.15, -0.1) is 0 Å². The lowest BCUT2D eigenvalue weighted by Gasteiger charge is -2.42. The number of hydrogen-bond donors (Lipinski definition) is 2. The second-order valence-corrected chi connectivity index (χ2v) is 14.1. The molecule has 9 rings (SSSR count). The molecule has 0 amide bonds. The van der Waals surface area contributed by atoms with Crippen molar-refractivity contribution in [1.82, 2.24) is 25.2 Å². The second kappa shape index (κ2) is 10.9. The first kappa shape index (κ1) is 29.9. The van der Waals surface area contributed by atoms with Crippen LogP contribution >= 0.6 is 0 Å². The molecule has 9 nitrogen and oxygen atoms in total. The number of piperazine rings is 1. The minimum atomic E-state index is -0.738. The second-order valence-electron chi connectivity index (χ2n) is 14.1. The summed E-state index contributed by atoms with van der Waals surface area (Å²) in [5, 5.41) is 15.8. The number of hydrogen-bond acceptors (Lipinski definition) is 9. The van der Waals surface area contributed by atoms with Crippen LogP contribution in [0.1, 0.15) is 51.5 Å². The number of phenols is 1. The van der Waals surface area contributed by atoms with Crippen molar-refractivity contribution < 1.29 is 27.8 Å². The lowest BCUT2D eigenvalue weighted by molar-refractivity contribution is 0.108. The zero-order valence-corrected chi connectivity index (χ0v) is 26.9. The molecule has 12 heteroatoms. The molecule has 0 saturated carbocycles. The number of rotatable bonds is 5. The average molecular weight is 659 g/mol. The molecule has 4 fully saturated rings. The summed E-state index contributed by atoms with van der Waals surface area (Å²) in [5.74, 6) is -0.566. The van der Waals surface area contributed by atoms with Crippen molar-refractivity contribution in [2.75, 3.05) is 31.1 Å². The number of nitrogens with one attached hydrogen (secondary N) is 1. The SMILES string of the molecule is CCc1c(F)ccc2cc(O)cc(-c3nc4c5c(nc(OC[C@@]67CCCN6C/C(=C/F)C7)nc5c3F)N3C[C@H]5CC[C@H](N5)[C@H]3[C@H](C)O4)c12. The number of aromatic nitrogens is 3. The van der Waals surface area contributed by atoms with Gasteiger partial charge < -0.3 is 24.8 Å². The summed E-state index contributed by atoms with van der Waals surface area (Å²) in [6, 6.07) is 6.21. The Labute approximate surface area is 275 Å². The van der Waals surface area contributed by atoms with Gasteiger partial charge in [-0.25, -0.2) is 18.2 Å². The van der Waals surface area contributed by atoms with E-state index < -0.39 is 11.6 Å². The van der Waals surface area contributed by atoms with E-state index in [-0.39, 0.29) is 70.8 Å². The first-order chi connectivity index (χ1) is 23.3. The summed E-state index contributed by atoms with van der Waals surface area (Å²) in [5.41, 5.74) is 0.894. The number of aromatic hydroxyl groups is 1. The molecular weight excluding hydrogens is 621 g/mol. The lowest BCUT2D eigenvalue weighted by atomic mass is 9.94. The van der Waals surface area contributed by atoms with Crippen molar-refractivity contribution in [3.8, 4) is 28.9 Å². The lowest BCUT2D eigenvalue weighted by Crippen LogP contribution is -2.62. The summed E-state index contributed by atoms with van der Waals surface area (Å²) in [6.45, 7) is 6.14. The van der Waals surface area contributed by atoms with E-state index in [1.54, 1.807) is 6.07 Å². The van der Waals surface area contributed by atoms with E-state index in [4.69, 9.17) is 19.4 Å². The fourth-order valence-corrected chi connectivity index (χ4v) is 9.22. The maximum Gasteiger partial charge on any atom is 0.319 e. The van der Waals surface area contributed by atoms with Gasteiger partial charge in [-0.05, 0) is 92.1 Å². The van der Waals surface area contributed by atoms with Crippen molar-refractivity contribution in [3.63, 3.8) is 0 Å². The maximum absolute atomic E-state index is 17.2. The number of benzene rings is 2. The van der Waals surface area contributed by atoms with Gasteiger partial charge in [-0.2, -0.15) is 9.97 Å². The van der Waals surface area contributed by atoms with Crippen LogP contribution in [0, 0.1) is 11.6 Å². The van der Waals surface area contributed by atoms with Crippen LogP contribution in [-0.4, -0.2) is 81.0 Å². The fraction of sp³-hybridized carbons (Fsp3) is 0.472. The van der Waals surface area contributed by atoms with E-state index in [0.29, 0.717) is 59.8 Å². The predicted octanol–water partition coefficient (Wildman–Crippen LogP) is 5.95. The van der Waals surface area contributed by atoms with Gasteiger partial charge in [0.15, 0.2) is 5.82 Å². The molecule has 48 heavy (non-hydrogen) atoms. The molecule has 5 aliphatic rings. The molecule has 0 unspecified atom stereocenters. The van der Waals surface area contributed by atoms with E-state index in [2.05, 4.69) is 20.1 Å². The monoisotopic (exact) mass is 658 g/mol. The van der Waals surface area contributed by atoms with E-state index >= 15 is 8.78 Å². The first-order valence-electron chi connectivity index (χ1n) is 17.0. The van der Waals surface area contributed by atoms with E-state index in [9.17, 15) is 9.50 Å². The van der Waals surface area contributed by atoms with E-state index in [1.165, 1.54) is 18.2 Å². The maximum atomic E-state index is 17.2. The molecule has 4 saturated heterocycles. The summed E-state index contributed by atoms with van der Waals surface area (Å²) in [6.07, 6.45) is 5.11. The summed E-state index contributed by atoms with van der Waals surface area (Å²) >= 11 is 0. The third kappa shape index (κ3) is 4.41. The summed E-state index contributed by atoms with van der Waals surface area (Å²) in [7, 11) is 0. The topological polar surface area (TPSA) is 95.9 Å². The molecule has 7 heterocycles. The van der Waals surface area contributed by atoms with E-state index in [1.807, 2.05) is 13.8 Å². The number of halogens is 3. The summed E-state index contributed by atoms with van der Waals surface area (Å²) in [4.78, 5) is 18.9. The van der Waals surface area contributed by atoms with Gasteiger partial charge in [0, 0.05) is 30.7 Å². The Morgan fingerprint density at radius 3 is 2.88 bits per heavy atom. The smallest absolute Gasteiger partial charge is 0.319 e. The van der Waals surface area contributed by atoms with Gasteiger partial charge in [0.05, 0.1) is 17.9 Å². The van der Waals surface area contributed by atoms with Crippen molar-refractivity contribution in [2.24, 2.45) is 0 Å². The van der Waals surface area contributed by atoms with Crippen molar-refractivity contribution >= 4 is 27.5 Å². The van der Waals surface area contributed by atoms with Gasteiger partial charge in [0.25, 0.3) is 0 Å². The Hall–Kier alpha value is -4.16.